The highest BCUT2D eigenvalue weighted by Crippen LogP contribution is 2.44. The lowest BCUT2D eigenvalue weighted by molar-refractivity contribution is 0.392. The van der Waals surface area contributed by atoms with Gasteiger partial charge in [0.2, 0.25) is 0 Å². The van der Waals surface area contributed by atoms with Crippen molar-refractivity contribution in [1.82, 2.24) is 4.57 Å². The third-order valence-electron chi connectivity index (χ3n) is 6.77. The summed E-state index contributed by atoms with van der Waals surface area (Å²) in [7, 11) is 3.27. The Balaban J connectivity index is 1.66. The molecule has 0 spiro atoms. The fourth-order valence-corrected chi connectivity index (χ4v) is 6.12. The van der Waals surface area contributed by atoms with E-state index in [0.717, 1.165) is 40.8 Å². The zero-order chi connectivity index (χ0) is 24.8. The Labute approximate surface area is 211 Å². The van der Waals surface area contributed by atoms with Gasteiger partial charge in [-0.25, -0.2) is 4.99 Å². The van der Waals surface area contributed by atoms with Gasteiger partial charge < -0.3 is 14.6 Å². The van der Waals surface area contributed by atoms with E-state index in [0.29, 0.717) is 20.8 Å². The number of hydrogen-bond donors (Lipinski definition) is 1. The number of allylic oxidation sites excluding steroid dienone is 1. The van der Waals surface area contributed by atoms with Crippen LogP contribution in [-0.2, 0) is 6.42 Å². The van der Waals surface area contributed by atoms with Crippen LogP contribution in [0.2, 0.25) is 0 Å². The first-order valence-electron chi connectivity index (χ1n) is 11.7. The Bertz CT molecular complexity index is 1710. The Hall–Kier alpha value is -4.10. The number of methoxy groups -OCH3 is 2. The smallest absolute Gasteiger partial charge is 0.271 e. The third-order valence-corrected chi connectivity index (χ3v) is 7.76. The number of rotatable bonds is 4. The van der Waals surface area contributed by atoms with Crippen LogP contribution >= 0.6 is 11.3 Å². The van der Waals surface area contributed by atoms with Crippen LogP contribution in [0.25, 0.3) is 11.8 Å². The zero-order valence-corrected chi connectivity index (χ0v) is 20.7. The number of aromatic hydroxyl groups is 1. The Morgan fingerprint density at radius 2 is 1.89 bits per heavy atom. The molecule has 180 valence electrons. The highest BCUT2D eigenvalue weighted by atomic mass is 32.1. The number of nitrogens with zero attached hydrogens (tertiary/aromatic N) is 2. The number of phenolic OH excluding ortho intramolecular Hbond substituents is 1. The number of hydrogen-bond acceptors (Lipinski definition) is 6. The lowest BCUT2D eigenvalue weighted by atomic mass is 9.83. The average molecular weight is 497 g/mol. The molecule has 3 aromatic carbocycles. The molecule has 0 unspecified atom stereocenters. The number of aryl methyl sites for hydroxylation is 1. The van der Waals surface area contributed by atoms with E-state index in [2.05, 4.69) is 18.2 Å². The lowest BCUT2D eigenvalue weighted by Crippen LogP contribution is -2.39. The Morgan fingerprint density at radius 1 is 1.03 bits per heavy atom. The molecule has 36 heavy (non-hydrogen) atoms. The van der Waals surface area contributed by atoms with Gasteiger partial charge in [0.15, 0.2) is 4.80 Å². The predicted molar refractivity (Wildman–Crippen MR) is 140 cm³/mol. The number of fused-ring (bicyclic) bond motifs is 3. The molecule has 1 N–H and O–H groups in total. The van der Waals surface area contributed by atoms with E-state index in [-0.39, 0.29) is 17.4 Å². The fraction of sp³-hybridized carbons (Fsp3) is 0.172. The van der Waals surface area contributed by atoms with Gasteiger partial charge in [-0.15, -0.1) is 0 Å². The van der Waals surface area contributed by atoms with Crippen LogP contribution in [-0.4, -0.2) is 23.9 Å². The molecule has 1 aliphatic heterocycles. The third kappa shape index (κ3) is 3.63. The Morgan fingerprint density at radius 3 is 2.69 bits per heavy atom. The molecule has 1 aromatic heterocycles. The lowest BCUT2D eigenvalue weighted by Gasteiger charge is -2.31. The molecular formula is C29H24N2O4S. The van der Waals surface area contributed by atoms with Crippen molar-refractivity contribution in [2.24, 2.45) is 4.99 Å². The standard InChI is InChI=1S/C29H24N2O4S/c1-34-20-11-13-24(35-2)23(16-20)27-22-12-10-18-7-3-4-9-21(18)26(22)30-29-31(27)28(33)25(36-29)15-17-6-5-8-19(32)14-17/h3-9,11,13-16,27,32H,10,12H2,1-2H3/b25-15-/t27-/m0/s1. The van der Waals surface area contributed by atoms with Crippen molar-refractivity contribution in [3.63, 3.8) is 0 Å². The predicted octanol–water partition coefficient (Wildman–Crippen LogP) is 4.04. The minimum atomic E-state index is -0.374. The van der Waals surface area contributed by atoms with E-state index in [4.69, 9.17) is 14.5 Å². The van der Waals surface area contributed by atoms with Crippen molar-refractivity contribution >= 4 is 23.1 Å². The van der Waals surface area contributed by atoms with Crippen molar-refractivity contribution in [2.75, 3.05) is 14.2 Å². The number of thiazole rings is 1. The van der Waals surface area contributed by atoms with E-state index in [1.165, 1.54) is 16.9 Å². The summed E-state index contributed by atoms with van der Waals surface area (Å²) in [4.78, 5) is 19.6. The van der Waals surface area contributed by atoms with Gasteiger partial charge in [-0.3, -0.25) is 9.36 Å². The molecule has 0 fully saturated rings. The maximum atomic E-state index is 13.9. The summed E-state index contributed by atoms with van der Waals surface area (Å²) in [6.45, 7) is 0. The second kappa shape index (κ2) is 8.84. The van der Waals surface area contributed by atoms with Gasteiger partial charge in [0.05, 0.1) is 30.5 Å². The highest BCUT2D eigenvalue weighted by Gasteiger charge is 2.34. The first-order chi connectivity index (χ1) is 17.6. The normalized spacial score (nSPS) is 16.6. The molecule has 6 nitrogen and oxygen atoms in total. The Kier molecular flexibility index (Phi) is 5.49. The second-order valence-electron chi connectivity index (χ2n) is 8.82. The van der Waals surface area contributed by atoms with Crippen LogP contribution in [0, 0.1) is 0 Å². The summed E-state index contributed by atoms with van der Waals surface area (Å²) in [6.07, 6.45) is 3.47. The summed E-state index contributed by atoms with van der Waals surface area (Å²) in [5, 5.41) is 9.90. The number of aromatic nitrogens is 1. The maximum Gasteiger partial charge on any atom is 0.271 e. The molecule has 1 aliphatic carbocycles. The summed E-state index contributed by atoms with van der Waals surface area (Å²) in [6, 6.07) is 20.5. The molecule has 1 atom stereocenters. The summed E-state index contributed by atoms with van der Waals surface area (Å²) in [5.74, 6) is 1.54. The monoisotopic (exact) mass is 496 g/mol. The van der Waals surface area contributed by atoms with Crippen LogP contribution in [0.15, 0.2) is 82.1 Å². The SMILES string of the molecule is COc1ccc(OC)c([C@@H]2C3=C(N=c4s/c(=C\c5cccc(O)c5)c(=O)n42)c2ccccc2CC3)c1. The molecule has 2 heterocycles. The van der Waals surface area contributed by atoms with Crippen LogP contribution < -0.4 is 24.4 Å². The molecule has 0 saturated carbocycles. The molecular weight excluding hydrogens is 472 g/mol. The van der Waals surface area contributed by atoms with Crippen molar-refractivity contribution in [1.29, 1.82) is 0 Å². The summed E-state index contributed by atoms with van der Waals surface area (Å²) in [5.41, 5.74) is 5.89. The second-order valence-corrected chi connectivity index (χ2v) is 9.83. The minimum Gasteiger partial charge on any atom is -0.508 e. The van der Waals surface area contributed by atoms with Crippen molar-refractivity contribution in [2.45, 2.75) is 18.9 Å². The summed E-state index contributed by atoms with van der Waals surface area (Å²) < 4.78 is 13.6. The van der Waals surface area contributed by atoms with Crippen LogP contribution in [0.4, 0.5) is 0 Å². The van der Waals surface area contributed by atoms with Gasteiger partial charge in [-0.1, -0.05) is 47.7 Å². The van der Waals surface area contributed by atoms with E-state index in [9.17, 15) is 9.90 Å². The summed E-state index contributed by atoms with van der Waals surface area (Å²) >= 11 is 1.36. The molecule has 6 rings (SSSR count). The molecule has 7 heteroatoms. The van der Waals surface area contributed by atoms with Gasteiger partial charge in [0.25, 0.3) is 5.56 Å². The molecule has 4 aromatic rings. The average Bonchev–Trinajstić information content (AvgIpc) is 3.21. The van der Waals surface area contributed by atoms with E-state index in [1.54, 1.807) is 43.1 Å². The van der Waals surface area contributed by atoms with Gasteiger partial charge in [0.1, 0.15) is 17.2 Å². The molecule has 0 amide bonds. The molecule has 0 radical (unpaired) electrons. The minimum absolute atomic E-state index is 0.123. The van der Waals surface area contributed by atoms with Crippen molar-refractivity contribution < 1.29 is 14.6 Å². The molecule has 0 saturated heterocycles. The zero-order valence-electron chi connectivity index (χ0n) is 19.9. The van der Waals surface area contributed by atoms with Crippen LogP contribution in [0.3, 0.4) is 0 Å². The quantitative estimate of drug-likeness (QED) is 0.463. The van der Waals surface area contributed by atoms with Crippen LogP contribution in [0.1, 0.15) is 34.7 Å². The van der Waals surface area contributed by atoms with Gasteiger partial charge in [-0.2, -0.15) is 0 Å². The maximum absolute atomic E-state index is 13.9. The van der Waals surface area contributed by atoms with Gasteiger partial charge >= 0.3 is 0 Å². The van der Waals surface area contributed by atoms with Gasteiger partial charge in [0, 0.05) is 11.1 Å². The topological polar surface area (TPSA) is 73.1 Å². The highest BCUT2D eigenvalue weighted by molar-refractivity contribution is 7.07. The first kappa shape index (κ1) is 22.4. The number of ether oxygens (including phenoxy) is 2. The van der Waals surface area contributed by atoms with E-state index in [1.807, 2.05) is 30.3 Å². The molecule has 0 bridgehead atoms. The fourth-order valence-electron chi connectivity index (χ4n) is 5.12. The van der Waals surface area contributed by atoms with E-state index < -0.39 is 0 Å². The number of phenols is 1. The van der Waals surface area contributed by atoms with Crippen LogP contribution in [0.5, 0.6) is 17.2 Å². The van der Waals surface area contributed by atoms with Crippen molar-refractivity contribution in [3.8, 4) is 17.2 Å². The number of benzene rings is 3. The van der Waals surface area contributed by atoms with E-state index >= 15 is 0 Å². The van der Waals surface area contributed by atoms with Gasteiger partial charge in [-0.05, 0) is 65.9 Å². The largest absolute Gasteiger partial charge is 0.508 e. The van der Waals surface area contributed by atoms with Crippen molar-refractivity contribution in [3.05, 3.63) is 114 Å². The molecule has 2 aliphatic rings. The first-order valence-corrected chi connectivity index (χ1v) is 12.5.